The number of hydrogen-bond donors (Lipinski definition) is 0. The van der Waals surface area contributed by atoms with Gasteiger partial charge in [-0.1, -0.05) is 6.07 Å². The Labute approximate surface area is 144 Å². The van der Waals surface area contributed by atoms with Crippen LogP contribution in [0.15, 0.2) is 59.3 Å². The highest BCUT2D eigenvalue weighted by Crippen LogP contribution is 2.19. The topological polar surface area (TPSA) is 75.4 Å². The number of furan rings is 1. The van der Waals surface area contributed by atoms with Crippen LogP contribution in [0.25, 0.3) is 11.5 Å². The number of carbonyl (C=O) groups excluding carboxylic acids is 1. The van der Waals surface area contributed by atoms with Gasteiger partial charge in [0.25, 0.3) is 5.91 Å². The van der Waals surface area contributed by atoms with E-state index in [4.69, 9.17) is 4.42 Å². The van der Waals surface area contributed by atoms with Crippen molar-refractivity contribution in [2.24, 2.45) is 0 Å². The first kappa shape index (κ1) is 15.3. The third-order valence-corrected chi connectivity index (χ3v) is 4.20. The average Bonchev–Trinajstić information content (AvgIpc) is 3.23. The SMILES string of the molecule is O=C(c1ccccn1)N1CCN(c2ccc(-c3ccco3)nn2)CC1. The quantitative estimate of drug-likeness (QED) is 0.729. The summed E-state index contributed by atoms with van der Waals surface area (Å²) in [6, 6.07) is 12.9. The van der Waals surface area contributed by atoms with Gasteiger partial charge in [0.2, 0.25) is 0 Å². The molecule has 0 aliphatic carbocycles. The van der Waals surface area contributed by atoms with Crippen molar-refractivity contribution >= 4 is 11.7 Å². The van der Waals surface area contributed by atoms with Gasteiger partial charge in [-0.25, -0.2) is 0 Å². The van der Waals surface area contributed by atoms with Gasteiger partial charge >= 0.3 is 0 Å². The van der Waals surface area contributed by atoms with Crippen molar-refractivity contribution in [3.8, 4) is 11.5 Å². The van der Waals surface area contributed by atoms with Crippen molar-refractivity contribution < 1.29 is 9.21 Å². The van der Waals surface area contributed by atoms with Crippen LogP contribution in [0.5, 0.6) is 0 Å². The van der Waals surface area contributed by atoms with Gasteiger partial charge < -0.3 is 14.2 Å². The molecule has 7 heteroatoms. The molecule has 0 spiro atoms. The third kappa shape index (κ3) is 3.21. The minimum absolute atomic E-state index is 0.0282. The molecule has 0 atom stereocenters. The van der Waals surface area contributed by atoms with Gasteiger partial charge in [0, 0.05) is 32.4 Å². The van der Waals surface area contributed by atoms with Gasteiger partial charge in [-0.3, -0.25) is 9.78 Å². The predicted molar refractivity (Wildman–Crippen MR) is 92.1 cm³/mol. The highest BCUT2D eigenvalue weighted by Gasteiger charge is 2.23. The Hall–Kier alpha value is -3.22. The van der Waals surface area contributed by atoms with Crippen LogP contribution in [0.3, 0.4) is 0 Å². The van der Waals surface area contributed by atoms with Gasteiger partial charge in [-0.2, -0.15) is 0 Å². The van der Waals surface area contributed by atoms with Crippen LogP contribution in [0, 0.1) is 0 Å². The van der Waals surface area contributed by atoms with Crippen LogP contribution < -0.4 is 4.90 Å². The second-order valence-corrected chi connectivity index (χ2v) is 5.75. The van der Waals surface area contributed by atoms with E-state index in [1.165, 1.54) is 0 Å². The molecule has 0 aromatic carbocycles. The van der Waals surface area contributed by atoms with Gasteiger partial charge in [0.15, 0.2) is 11.6 Å². The number of pyridine rings is 1. The molecule has 1 aliphatic heterocycles. The Morgan fingerprint density at radius 3 is 2.48 bits per heavy atom. The molecule has 0 bridgehead atoms. The summed E-state index contributed by atoms with van der Waals surface area (Å²) in [6.07, 6.45) is 3.25. The zero-order valence-corrected chi connectivity index (χ0v) is 13.6. The summed E-state index contributed by atoms with van der Waals surface area (Å²) < 4.78 is 5.32. The number of nitrogens with zero attached hydrogens (tertiary/aromatic N) is 5. The molecule has 0 saturated carbocycles. The molecule has 126 valence electrons. The molecule has 1 aliphatic rings. The van der Waals surface area contributed by atoms with E-state index >= 15 is 0 Å². The van der Waals surface area contributed by atoms with E-state index in [-0.39, 0.29) is 5.91 Å². The largest absolute Gasteiger partial charge is 0.463 e. The lowest BCUT2D eigenvalue weighted by Gasteiger charge is -2.35. The van der Waals surface area contributed by atoms with E-state index < -0.39 is 0 Å². The number of rotatable bonds is 3. The lowest BCUT2D eigenvalue weighted by atomic mass is 10.2. The van der Waals surface area contributed by atoms with Crippen molar-refractivity contribution in [1.82, 2.24) is 20.1 Å². The minimum atomic E-state index is -0.0282. The van der Waals surface area contributed by atoms with E-state index in [0.717, 1.165) is 5.82 Å². The monoisotopic (exact) mass is 335 g/mol. The van der Waals surface area contributed by atoms with Crippen molar-refractivity contribution in [3.05, 3.63) is 60.6 Å². The summed E-state index contributed by atoms with van der Waals surface area (Å²) in [5.41, 5.74) is 1.19. The molecule has 25 heavy (non-hydrogen) atoms. The van der Waals surface area contributed by atoms with Gasteiger partial charge in [-0.15, -0.1) is 10.2 Å². The van der Waals surface area contributed by atoms with Gasteiger partial charge in [0.1, 0.15) is 11.4 Å². The third-order valence-electron chi connectivity index (χ3n) is 4.20. The summed E-state index contributed by atoms with van der Waals surface area (Å²) in [5, 5.41) is 8.51. The summed E-state index contributed by atoms with van der Waals surface area (Å²) >= 11 is 0. The molecule has 0 unspecified atom stereocenters. The maximum atomic E-state index is 12.4. The smallest absolute Gasteiger partial charge is 0.272 e. The Balaban J connectivity index is 1.39. The van der Waals surface area contributed by atoms with Crippen molar-refractivity contribution in [3.63, 3.8) is 0 Å². The molecule has 4 heterocycles. The first-order valence-electron chi connectivity index (χ1n) is 8.14. The minimum Gasteiger partial charge on any atom is -0.463 e. The van der Waals surface area contributed by atoms with E-state index in [2.05, 4.69) is 20.1 Å². The summed E-state index contributed by atoms with van der Waals surface area (Å²) in [4.78, 5) is 20.5. The van der Waals surface area contributed by atoms with Crippen LogP contribution in [0.1, 0.15) is 10.5 Å². The number of aromatic nitrogens is 3. The molecule has 3 aromatic heterocycles. The molecule has 1 amide bonds. The normalized spacial score (nSPS) is 14.6. The Morgan fingerprint density at radius 2 is 1.84 bits per heavy atom. The van der Waals surface area contributed by atoms with Crippen LogP contribution >= 0.6 is 0 Å². The van der Waals surface area contributed by atoms with Gasteiger partial charge in [0.05, 0.1) is 6.26 Å². The number of hydrogen-bond acceptors (Lipinski definition) is 6. The van der Waals surface area contributed by atoms with E-state index in [1.54, 1.807) is 24.6 Å². The molecule has 1 saturated heterocycles. The van der Waals surface area contributed by atoms with Gasteiger partial charge in [-0.05, 0) is 36.4 Å². The fraction of sp³-hybridized carbons (Fsp3) is 0.222. The molecule has 4 rings (SSSR count). The zero-order chi connectivity index (χ0) is 17.1. The van der Waals surface area contributed by atoms with Crippen LogP contribution in [-0.4, -0.2) is 52.2 Å². The van der Waals surface area contributed by atoms with E-state index in [9.17, 15) is 4.79 Å². The number of anilines is 1. The van der Waals surface area contributed by atoms with Crippen LogP contribution in [0.4, 0.5) is 5.82 Å². The standard InChI is InChI=1S/C18H17N5O2/c24-18(15-4-1-2-8-19-15)23-11-9-22(10-12-23)17-7-6-14(20-21-17)16-5-3-13-25-16/h1-8,13H,9-12H2. The summed E-state index contributed by atoms with van der Waals surface area (Å²) in [5.74, 6) is 1.48. The summed E-state index contributed by atoms with van der Waals surface area (Å²) in [7, 11) is 0. The zero-order valence-electron chi connectivity index (χ0n) is 13.6. The maximum Gasteiger partial charge on any atom is 0.272 e. The molecule has 0 radical (unpaired) electrons. The average molecular weight is 335 g/mol. The molecular weight excluding hydrogens is 318 g/mol. The predicted octanol–water partition coefficient (Wildman–Crippen LogP) is 2.09. The Bertz CT molecular complexity index is 826. The fourth-order valence-electron chi connectivity index (χ4n) is 2.84. The fourth-order valence-corrected chi connectivity index (χ4v) is 2.84. The number of carbonyl (C=O) groups is 1. The number of piperazine rings is 1. The van der Waals surface area contributed by atoms with Crippen molar-refractivity contribution in [2.45, 2.75) is 0 Å². The molecule has 7 nitrogen and oxygen atoms in total. The highest BCUT2D eigenvalue weighted by molar-refractivity contribution is 5.92. The first-order valence-corrected chi connectivity index (χ1v) is 8.14. The molecule has 0 N–H and O–H groups in total. The molecule has 1 fully saturated rings. The van der Waals surface area contributed by atoms with Crippen LogP contribution in [0.2, 0.25) is 0 Å². The van der Waals surface area contributed by atoms with Crippen molar-refractivity contribution in [1.29, 1.82) is 0 Å². The lowest BCUT2D eigenvalue weighted by Crippen LogP contribution is -2.49. The summed E-state index contributed by atoms with van der Waals surface area (Å²) in [6.45, 7) is 2.70. The molecule has 3 aromatic rings. The molecular formula is C18H17N5O2. The second kappa shape index (κ2) is 6.72. The lowest BCUT2D eigenvalue weighted by molar-refractivity contribution is 0.0740. The van der Waals surface area contributed by atoms with E-state index in [1.807, 2.05) is 35.2 Å². The van der Waals surface area contributed by atoms with E-state index in [0.29, 0.717) is 43.3 Å². The van der Waals surface area contributed by atoms with Crippen molar-refractivity contribution in [2.75, 3.05) is 31.1 Å². The maximum absolute atomic E-state index is 12.4. The highest BCUT2D eigenvalue weighted by atomic mass is 16.3. The first-order chi connectivity index (χ1) is 12.3. The number of amides is 1. The van der Waals surface area contributed by atoms with Crippen LogP contribution in [-0.2, 0) is 0 Å². The second-order valence-electron chi connectivity index (χ2n) is 5.75. The Kier molecular flexibility index (Phi) is 4.12. The Morgan fingerprint density at radius 1 is 0.960 bits per heavy atom.